The van der Waals surface area contributed by atoms with Gasteiger partial charge in [0.25, 0.3) is 0 Å². The lowest BCUT2D eigenvalue weighted by Gasteiger charge is -2.15. The lowest BCUT2D eigenvalue weighted by atomic mass is 10.1. The molecule has 1 heterocycles. The first-order valence-electron chi connectivity index (χ1n) is 5.64. The van der Waals surface area contributed by atoms with Crippen molar-refractivity contribution in [3.63, 3.8) is 0 Å². The first-order valence-corrected chi connectivity index (χ1v) is 5.64. The first-order chi connectivity index (χ1) is 7.24. The van der Waals surface area contributed by atoms with Crippen molar-refractivity contribution < 1.29 is 5.11 Å². The molecule has 1 atom stereocenters. The Morgan fingerprint density at radius 1 is 1.67 bits per heavy atom. The monoisotopic (exact) mass is 209 g/mol. The van der Waals surface area contributed by atoms with Gasteiger partial charge < -0.3 is 10.4 Å². The van der Waals surface area contributed by atoms with E-state index in [1.165, 1.54) is 12.8 Å². The Bertz CT molecular complexity index is 331. The van der Waals surface area contributed by atoms with Crippen LogP contribution in [-0.4, -0.2) is 27.5 Å². The fourth-order valence-electron chi connectivity index (χ4n) is 1.89. The summed E-state index contributed by atoms with van der Waals surface area (Å²) in [7, 11) is 1.92. The van der Waals surface area contributed by atoms with Crippen molar-refractivity contribution in [1.29, 1.82) is 0 Å². The van der Waals surface area contributed by atoms with Crippen LogP contribution in [0.2, 0.25) is 0 Å². The van der Waals surface area contributed by atoms with E-state index in [1.807, 2.05) is 17.9 Å². The van der Waals surface area contributed by atoms with Gasteiger partial charge in [-0.3, -0.25) is 4.68 Å². The van der Waals surface area contributed by atoms with Crippen molar-refractivity contribution in [3.8, 4) is 0 Å². The molecule has 1 aliphatic carbocycles. The van der Waals surface area contributed by atoms with E-state index in [-0.39, 0.29) is 12.6 Å². The molecule has 0 saturated heterocycles. The molecule has 1 aromatic rings. The molecular weight excluding hydrogens is 190 g/mol. The average Bonchev–Trinajstić information content (AvgIpc) is 2.97. The average molecular weight is 209 g/mol. The molecular formula is C11H19N3O. The number of hydrogen-bond acceptors (Lipinski definition) is 3. The summed E-state index contributed by atoms with van der Waals surface area (Å²) in [4.78, 5) is 0. The minimum absolute atomic E-state index is 0.0566. The lowest BCUT2D eigenvalue weighted by molar-refractivity contribution is 0.243. The molecule has 1 unspecified atom stereocenters. The van der Waals surface area contributed by atoms with Crippen LogP contribution in [-0.2, 0) is 13.5 Å². The largest absolute Gasteiger partial charge is 0.394 e. The molecule has 0 spiro atoms. The van der Waals surface area contributed by atoms with Crippen LogP contribution in [0.5, 0.6) is 0 Å². The summed E-state index contributed by atoms with van der Waals surface area (Å²) in [6.07, 6.45) is 5.39. The Balaban J connectivity index is 2.15. The van der Waals surface area contributed by atoms with Gasteiger partial charge in [0.1, 0.15) is 0 Å². The molecule has 1 saturated carbocycles. The highest BCUT2D eigenvalue weighted by molar-refractivity contribution is 5.22. The Morgan fingerprint density at radius 3 is 2.93 bits per heavy atom. The van der Waals surface area contributed by atoms with Gasteiger partial charge >= 0.3 is 0 Å². The summed E-state index contributed by atoms with van der Waals surface area (Å²) in [5, 5.41) is 17.2. The van der Waals surface area contributed by atoms with E-state index >= 15 is 0 Å². The predicted molar refractivity (Wildman–Crippen MR) is 58.6 cm³/mol. The molecule has 2 N–H and O–H groups in total. The quantitative estimate of drug-likeness (QED) is 0.753. The number of aromatic nitrogens is 2. The second-order valence-corrected chi connectivity index (χ2v) is 4.23. The molecule has 1 aliphatic rings. The third-order valence-corrected chi connectivity index (χ3v) is 2.84. The minimum atomic E-state index is 0.0566. The zero-order valence-electron chi connectivity index (χ0n) is 9.40. The number of aryl methyl sites for hydroxylation is 2. The van der Waals surface area contributed by atoms with Gasteiger partial charge in [-0.2, -0.15) is 5.10 Å². The third kappa shape index (κ3) is 2.38. The predicted octanol–water partition coefficient (Wildman–Crippen LogP) is 0.768. The van der Waals surface area contributed by atoms with Crippen LogP contribution < -0.4 is 5.32 Å². The molecule has 0 aliphatic heterocycles. The summed E-state index contributed by atoms with van der Waals surface area (Å²) in [6, 6.07) is 0.660. The highest BCUT2D eigenvalue weighted by Gasteiger charge is 2.26. The van der Waals surface area contributed by atoms with Gasteiger partial charge in [0.05, 0.1) is 18.3 Å². The Labute approximate surface area is 90.3 Å². The SMILES string of the molecule is CCc1nn(C)cc1C(CO)NC1CC1. The number of nitrogens with one attached hydrogen (secondary N) is 1. The van der Waals surface area contributed by atoms with Gasteiger partial charge in [-0.05, 0) is 19.3 Å². The minimum Gasteiger partial charge on any atom is -0.394 e. The van der Waals surface area contributed by atoms with Crippen LogP contribution in [0.25, 0.3) is 0 Å². The highest BCUT2D eigenvalue weighted by atomic mass is 16.3. The number of aliphatic hydroxyl groups excluding tert-OH is 1. The number of aliphatic hydroxyl groups is 1. The Hall–Kier alpha value is -0.870. The standard InChI is InChI=1S/C11H19N3O/c1-3-10-9(6-14(2)13-10)11(7-15)12-8-4-5-8/h6,8,11-12,15H,3-5,7H2,1-2H3. The van der Waals surface area contributed by atoms with Crippen LogP contribution in [0.3, 0.4) is 0 Å². The summed E-state index contributed by atoms with van der Waals surface area (Å²) in [6.45, 7) is 2.24. The van der Waals surface area contributed by atoms with Crippen LogP contribution >= 0.6 is 0 Å². The van der Waals surface area contributed by atoms with E-state index in [2.05, 4.69) is 17.3 Å². The molecule has 2 rings (SSSR count). The Kier molecular flexibility index (Phi) is 3.07. The first kappa shape index (κ1) is 10.6. The summed E-state index contributed by atoms with van der Waals surface area (Å²) >= 11 is 0. The van der Waals surface area contributed by atoms with Crippen LogP contribution in [0, 0.1) is 0 Å². The number of hydrogen-bond donors (Lipinski definition) is 2. The van der Waals surface area contributed by atoms with Crippen molar-refractivity contribution in [2.24, 2.45) is 7.05 Å². The fraction of sp³-hybridized carbons (Fsp3) is 0.727. The van der Waals surface area contributed by atoms with Crippen molar-refractivity contribution in [2.45, 2.75) is 38.3 Å². The van der Waals surface area contributed by atoms with Gasteiger partial charge in [0, 0.05) is 24.8 Å². The second-order valence-electron chi connectivity index (χ2n) is 4.23. The topological polar surface area (TPSA) is 50.1 Å². The normalized spacial score (nSPS) is 18.1. The van der Waals surface area contributed by atoms with Crippen LogP contribution in [0.1, 0.15) is 37.1 Å². The summed E-state index contributed by atoms with van der Waals surface area (Å²) < 4.78 is 1.82. The van der Waals surface area contributed by atoms with E-state index in [9.17, 15) is 5.11 Å². The molecule has 15 heavy (non-hydrogen) atoms. The van der Waals surface area contributed by atoms with E-state index in [1.54, 1.807) is 0 Å². The van der Waals surface area contributed by atoms with Crippen molar-refractivity contribution in [1.82, 2.24) is 15.1 Å². The zero-order chi connectivity index (χ0) is 10.8. The van der Waals surface area contributed by atoms with Gasteiger partial charge in [-0.1, -0.05) is 6.92 Å². The van der Waals surface area contributed by atoms with Crippen molar-refractivity contribution in [3.05, 3.63) is 17.5 Å². The third-order valence-electron chi connectivity index (χ3n) is 2.84. The van der Waals surface area contributed by atoms with Crippen LogP contribution in [0.4, 0.5) is 0 Å². The zero-order valence-corrected chi connectivity index (χ0v) is 9.40. The maximum Gasteiger partial charge on any atom is 0.0670 e. The van der Waals surface area contributed by atoms with Gasteiger partial charge in [0.2, 0.25) is 0 Å². The second kappa shape index (κ2) is 4.33. The molecule has 84 valence electrons. The van der Waals surface area contributed by atoms with E-state index in [4.69, 9.17) is 0 Å². The van der Waals surface area contributed by atoms with Crippen LogP contribution in [0.15, 0.2) is 6.20 Å². The molecule has 4 heteroatoms. The van der Waals surface area contributed by atoms with Crippen molar-refractivity contribution in [2.75, 3.05) is 6.61 Å². The van der Waals surface area contributed by atoms with Gasteiger partial charge in [-0.25, -0.2) is 0 Å². The molecule has 1 fully saturated rings. The number of rotatable bonds is 5. The van der Waals surface area contributed by atoms with Gasteiger partial charge in [0.15, 0.2) is 0 Å². The highest BCUT2D eigenvalue weighted by Crippen LogP contribution is 2.25. The molecule has 0 radical (unpaired) electrons. The van der Waals surface area contributed by atoms with E-state index in [0.29, 0.717) is 6.04 Å². The molecule has 0 amide bonds. The molecule has 0 bridgehead atoms. The molecule has 0 aromatic carbocycles. The molecule has 4 nitrogen and oxygen atoms in total. The summed E-state index contributed by atoms with van der Waals surface area (Å²) in [5.74, 6) is 0. The number of nitrogens with zero attached hydrogens (tertiary/aromatic N) is 2. The lowest BCUT2D eigenvalue weighted by Crippen LogP contribution is -2.26. The van der Waals surface area contributed by atoms with Crippen molar-refractivity contribution >= 4 is 0 Å². The van der Waals surface area contributed by atoms with E-state index in [0.717, 1.165) is 17.7 Å². The maximum absolute atomic E-state index is 9.39. The van der Waals surface area contributed by atoms with E-state index < -0.39 is 0 Å². The summed E-state index contributed by atoms with van der Waals surface area (Å²) in [5.41, 5.74) is 2.24. The Morgan fingerprint density at radius 2 is 2.40 bits per heavy atom. The van der Waals surface area contributed by atoms with Gasteiger partial charge in [-0.15, -0.1) is 0 Å². The smallest absolute Gasteiger partial charge is 0.0670 e. The fourth-order valence-corrected chi connectivity index (χ4v) is 1.89. The molecule has 1 aromatic heterocycles. The maximum atomic E-state index is 9.39.